The molecule has 1 aromatic carbocycles. The molecule has 29 heavy (non-hydrogen) atoms. The zero-order chi connectivity index (χ0) is 20.7. The first-order valence-electron chi connectivity index (χ1n) is 8.40. The molecule has 0 aliphatic heterocycles. The SMILES string of the molecule is CC(=O)Oc1c(C(N)=O)c(=O)n(Cc2nc3ccccc3s2)c2ncc(I)cc12. The van der Waals surface area contributed by atoms with Crippen molar-refractivity contribution in [3.05, 3.63) is 61.0 Å². The second-order valence-electron chi connectivity index (χ2n) is 6.15. The number of carbonyl (C=O) groups is 2. The molecule has 4 rings (SSSR count). The van der Waals surface area contributed by atoms with Crippen LogP contribution in [0.15, 0.2) is 41.3 Å². The highest BCUT2D eigenvalue weighted by atomic mass is 127. The summed E-state index contributed by atoms with van der Waals surface area (Å²) in [5.74, 6) is -1.82. The van der Waals surface area contributed by atoms with E-state index in [1.807, 2.05) is 46.9 Å². The minimum Gasteiger partial charge on any atom is -0.425 e. The highest BCUT2D eigenvalue weighted by molar-refractivity contribution is 14.1. The Kier molecular flexibility index (Phi) is 5.04. The normalized spacial score (nSPS) is 11.1. The molecule has 0 spiro atoms. The van der Waals surface area contributed by atoms with Gasteiger partial charge in [0.05, 0.1) is 22.1 Å². The Morgan fingerprint density at radius 2 is 2.07 bits per heavy atom. The highest BCUT2D eigenvalue weighted by Gasteiger charge is 2.24. The zero-order valence-corrected chi connectivity index (χ0v) is 18.0. The molecule has 0 saturated carbocycles. The number of nitrogens with zero attached hydrogens (tertiary/aromatic N) is 3. The standard InChI is InChI=1S/C19H13IN4O4S/c1-9(25)28-16-11-6-10(20)7-22-18(11)24(19(27)15(16)17(21)26)8-14-23-12-4-2-3-5-13(12)29-14/h2-7H,8H2,1H3,(H2,21,26). The Hall–Kier alpha value is -2.86. The molecule has 0 aliphatic carbocycles. The molecular formula is C19H13IN4O4S. The quantitative estimate of drug-likeness (QED) is 0.327. The van der Waals surface area contributed by atoms with Crippen molar-refractivity contribution < 1.29 is 14.3 Å². The smallest absolute Gasteiger partial charge is 0.308 e. The maximum Gasteiger partial charge on any atom is 0.308 e. The summed E-state index contributed by atoms with van der Waals surface area (Å²) in [5.41, 5.74) is 5.48. The highest BCUT2D eigenvalue weighted by Crippen LogP contribution is 2.29. The van der Waals surface area contributed by atoms with E-state index in [1.165, 1.54) is 22.8 Å². The molecule has 0 saturated heterocycles. The molecule has 0 fully saturated rings. The molecule has 3 aromatic heterocycles. The molecule has 0 bridgehead atoms. The van der Waals surface area contributed by atoms with Crippen molar-refractivity contribution in [2.75, 3.05) is 0 Å². The van der Waals surface area contributed by atoms with Crippen LogP contribution in [-0.2, 0) is 11.3 Å². The van der Waals surface area contributed by atoms with Crippen molar-refractivity contribution in [1.82, 2.24) is 14.5 Å². The van der Waals surface area contributed by atoms with Crippen LogP contribution in [0, 0.1) is 3.57 Å². The van der Waals surface area contributed by atoms with E-state index in [0.717, 1.165) is 13.8 Å². The van der Waals surface area contributed by atoms with Crippen LogP contribution in [0.5, 0.6) is 5.75 Å². The van der Waals surface area contributed by atoms with E-state index in [4.69, 9.17) is 10.5 Å². The monoisotopic (exact) mass is 520 g/mol. The molecule has 0 radical (unpaired) electrons. The molecule has 1 amide bonds. The fourth-order valence-electron chi connectivity index (χ4n) is 3.01. The summed E-state index contributed by atoms with van der Waals surface area (Å²) in [6.45, 7) is 1.29. The number of fused-ring (bicyclic) bond motifs is 2. The number of para-hydroxylation sites is 1. The van der Waals surface area contributed by atoms with Crippen LogP contribution in [0.25, 0.3) is 21.3 Å². The lowest BCUT2D eigenvalue weighted by Crippen LogP contribution is -2.32. The lowest BCUT2D eigenvalue weighted by Gasteiger charge is -2.14. The Balaban J connectivity index is 2.00. The van der Waals surface area contributed by atoms with E-state index in [1.54, 1.807) is 12.3 Å². The van der Waals surface area contributed by atoms with Crippen molar-refractivity contribution in [2.24, 2.45) is 5.73 Å². The lowest BCUT2D eigenvalue weighted by atomic mass is 10.1. The third kappa shape index (κ3) is 3.60. The maximum atomic E-state index is 13.1. The molecule has 3 heterocycles. The maximum absolute atomic E-state index is 13.1. The van der Waals surface area contributed by atoms with Crippen molar-refractivity contribution in [1.29, 1.82) is 0 Å². The second kappa shape index (κ2) is 7.52. The second-order valence-corrected chi connectivity index (χ2v) is 8.51. The zero-order valence-electron chi connectivity index (χ0n) is 15.0. The van der Waals surface area contributed by atoms with Gasteiger partial charge in [-0.2, -0.15) is 0 Å². The third-order valence-corrected chi connectivity index (χ3v) is 5.75. The first-order valence-corrected chi connectivity index (χ1v) is 10.3. The molecule has 0 unspecified atom stereocenters. The number of ether oxygens (including phenoxy) is 1. The van der Waals surface area contributed by atoms with Crippen LogP contribution in [0.1, 0.15) is 22.3 Å². The van der Waals surface area contributed by atoms with Crippen LogP contribution < -0.4 is 16.0 Å². The molecule has 146 valence electrons. The summed E-state index contributed by atoms with van der Waals surface area (Å²) >= 11 is 3.48. The van der Waals surface area contributed by atoms with Crippen molar-refractivity contribution in [3.63, 3.8) is 0 Å². The largest absolute Gasteiger partial charge is 0.425 e. The average molecular weight is 520 g/mol. The molecule has 0 aliphatic rings. The number of nitrogens with two attached hydrogens (primary N) is 1. The number of esters is 1. The number of halogens is 1. The molecule has 8 nitrogen and oxygen atoms in total. The summed E-state index contributed by atoms with van der Waals surface area (Å²) in [4.78, 5) is 45.7. The van der Waals surface area contributed by atoms with Crippen LogP contribution in [0.3, 0.4) is 0 Å². The van der Waals surface area contributed by atoms with Crippen LogP contribution in [0.2, 0.25) is 0 Å². The van der Waals surface area contributed by atoms with Gasteiger partial charge in [0.2, 0.25) is 0 Å². The van der Waals surface area contributed by atoms with Gasteiger partial charge in [-0.1, -0.05) is 12.1 Å². The van der Waals surface area contributed by atoms with E-state index in [9.17, 15) is 14.4 Å². The van der Waals surface area contributed by atoms with Crippen molar-refractivity contribution >= 4 is 67.1 Å². The van der Waals surface area contributed by atoms with Gasteiger partial charge in [0, 0.05) is 16.7 Å². The molecular weight excluding hydrogens is 507 g/mol. The summed E-state index contributed by atoms with van der Waals surface area (Å²) < 4.78 is 8.25. The van der Waals surface area contributed by atoms with Crippen LogP contribution in [-0.4, -0.2) is 26.4 Å². The van der Waals surface area contributed by atoms with Gasteiger partial charge < -0.3 is 10.5 Å². The van der Waals surface area contributed by atoms with Gasteiger partial charge in [0.15, 0.2) is 5.75 Å². The summed E-state index contributed by atoms with van der Waals surface area (Å²) in [6, 6.07) is 9.30. The van der Waals surface area contributed by atoms with E-state index < -0.39 is 23.0 Å². The van der Waals surface area contributed by atoms with Gasteiger partial charge in [0.25, 0.3) is 11.5 Å². The number of aromatic nitrogens is 3. The number of carbonyl (C=O) groups excluding carboxylic acids is 2. The van der Waals surface area contributed by atoms with E-state index >= 15 is 0 Å². The van der Waals surface area contributed by atoms with Crippen molar-refractivity contribution in [2.45, 2.75) is 13.5 Å². The minimum absolute atomic E-state index is 0.100. The number of rotatable bonds is 4. The average Bonchev–Trinajstić information content (AvgIpc) is 3.07. The van der Waals surface area contributed by atoms with Gasteiger partial charge >= 0.3 is 5.97 Å². The van der Waals surface area contributed by atoms with Crippen molar-refractivity contribution in [3.8, 4) is 5.75 Å². The number of primary amides is 1. The van der Waals surface area contributed by atoms with Gasteiger partial charge in [-0.15, -0.1) is 11.3 Å². The Morgan fingerprint density at radius 1 is 1.31 bits per heavy atom. The predicted octanol–water partition coefficient (Wildman–Crippen LogP) is 2.68. The number of amides is 1. The number of hydrogen-bond acceptors (Lipinski definition) is 7. The Labute approximate surface area is 181 Å². The molecule has 2 N–H and O–H groups in total. The lowest BCUT2D eigenvalue weighted by molar-refractivity contribution is -0.131. The fraction of sp³-hybridized carbons (Fsp3) is 0.105. The third-order valence-electron chi connectivity index (χ3n) is 4.14. The molecule has 10 heteroatoms. The van der Waals surface area contributed by atoms with E-state index in [2.05, 4.69) is 9.97 Å². The number of benzene rings is 1. The van der Waals surface area contributed by atoms with Gasteiger partial charge in [-0.05, 0) is 40.8 Å². The summed E-state index contributed by atoms with van der Waals surface area (Å²) in [5, 5.41) is 1.02. The predicted molar refractivity (Wildman–Crippen MR) is 117 cm³/mol. The molecule has 4 aromatic rings. The van der Waals surface area contributed by atoms with Crippen LogP contribution >= 0.6 is 33.9 Å². The Bertz CT molecular complexity index is 1330. The summed E-state index contributed by atoms with van der Waals surface area (Å²) in [6.07, 6.45) is 1.58. The molecule has 0 atom stereocenters. The first-order chi connectivity index (χ1) is 13.8. The number of hydrogen-bond donors (Lipinski definition) is 1. The van der Waals surface area contributed by atoms with E-state index in [-0.39, 0.29) is 17.9 Å². The fourth-order valence-corrected chi connectivity index (χ4v) is 4.42. The van der Waals surface area contributed by atoms with Gasteiger partial charge in [-0.25, -0.2) is 9.97 Å². The number of thiazole rings is 1. The van der Waals surface area contributed by atoms with Crippen LogP contribution in [0.4, 0.5) is 0 Å². The Morgan fingerprint density at radius 3 is 2.76 bits per heavy atom. The first kappa shape index (κ1) is 19.5. The topological polar surface area (TPSA) is 117 Å². The van der Waals surface area contributed by atoms with E-state index in [0.29, 0.717) is 10.4 Å². The van der Waals surface area contributed by atoms with Gasteiger partial charge in [0.1, 0.15) is 16.2 Å². The van der Waals surface area contributed by atoms with Gasteiger partial charge in [-0.3, -0.25) is 19.0 Å². The number of pyridine rings is 2. The minimum atomic E-state index is -0.981. The summed E-state index contributed by atoms with van der Waals surface area (Å²) in [7, 11) is 0.